The molecule has 7 heteroatoms. The number of aliphatic carboxylic acids is 1. The van der Waals surface area contributed by atoms with Crippen LogP contribution in [0.4, 0.5) is 0 Å². The zero-order chi connectivity index (χ0) is 19.0. The summed E-state index contributed by atoms with van der Waals surface area (Å²) in [5, 5.41) is 11.5. The summed E-state index contributed by atoms with van der Waals surface area (Å²) >= 11 is 1.51. The van der Waals surface area contributed by atoms with E-state index in [0.29, 0.717) is 30.3 Å². The second-order valence-corrected chi connectivity index (χ2v) is 7.47. The summed E-state index contributed by atoms with van der Waals surface area (Å²) in [6.07, 6.45) is 0.335. The van der Waals surface area contributed by atoms with E-state index in [1.807, 2.05) is 41.8 Å². The minimum absolute atomic E-state index is 0.0205. The van der Waals surface area contributed by atoms with Crippen molar-refractivity contribution in [1.82, 2.24) is 9.88 Å². The molecule has 4 rings (SSSR count). The van der Waals surface area contributed by atoms with Crippen LogP contribution in [-0.2, 0) is 29.0 Å². The largest absolute Gasteiger partial charge is 0.480 e. The van der Waals surface area contributed by atoms with E-state index in [1.54, 1.807) is 6.92 Å². The monoisotopic (exact) mass is 382 g/mol. The Kier molecular flexibility index (Phi) is 4.53. The number of thiophene rings is 1. The molecule has 0 spiro atoms. The number of carboxylic acids is 1. The van der Waals surface area contributed by atoms with Crippen molar-refractivity contribution in [3.8, 4) is 10.8 Å². The van der Waals surface area contributed by atoms with E-state index in [9.17, 15) is 14.7 Å². The highest BCUT2D eigenvalue weighted by Crippen LogP contribution is 2.28. The molecular weight excluding hydrogens is 364 g/mol. The second-order valence-electron chi connectivity index (χ2n) is 6.52. The lowest BCUT2D eigenvalue weighted by Gasteiger charge is -2.34. The molecule has 6 nitrogen and oxygen atoms in total. The molecule has 0 saturated heterocycles. The van der Waals surface area contributed by atoms with Crippen LogP contribution in [0.3, 0.4) is 0 Å². The van der Waals surface area contributed by atoms with Gasteiger partial charge in [-0.3, -0.25) is 4.79 Å². The molecule has 3 heterocycles. The van der Waals surface area contributed by atoms with Crippen molar-refractivity contribution < 1.29 is 19.1 Å². The smallest absolute Gasteiger partial charge is 0.326 e. The number of carbonyl (C=O) groups is 2. The van der Waals surface area contributed by atoms with Gasteiger partial charge in [-0.05, 0) is 29.5 Å². The number of aryl methyl sites for hydroxylation is 1. The number of rotatable bonds is 4. The van der Waals surface area contributed by atoms with Gasteiger partial charge in [0.05, 0.1) is 17.0 Å². The van der Waals surface area contributed by atoms with Crippen LogP contribution in [-0.4, -0.2) is 32.9 Å². The van der Waals surface area contributed by atoms with Gasteiger partial charge >= 0.3 is 5.97 Å². The van der Waals surface area contributed by atoms with Crippen LogP contribution in [0.15, 0.2) is 46.2 Å². The van der Waals surface area contributed by atoms with E-state index < -0.39 is 12.0 Å². The topological polar surface area (TPSA) is 83.6 Å². The summed E-state index contributed by atoms with van der Waals surface area (Å²) in [6.45, 7) is 2.06. The molecule has 2 aromatic heterocycles. The van der Waals surface area contributed by atoms with Gasteiger partial charge in [0.25, 0.3) is 0 Å². The number of hydrogen-bond acceptors (Lipinski definition) is 5. The zero-order valence-electron chi connectivity index (χ0n) is 14.7. The molecule has 1 aromatic carbocycles. The van der Waals surface area contributed by atoms with Crippen molar-refractivity contribution in [2.75, 3.05) is 0 Å². The average Bonchev–Trinajstić information content (AvgIpc) is 3.31. The van der Waals surface area contributed by atoms with Crippen molar-refractivity contribution in [1.29, 1.82) is 0 Å². The summed E-state index contributed by atoms with van der Waals surface area (Å²) in [4.78, 5) is 31.4. The van der Waals surface area contributed by atoms with Crippen LogP contribution in [0.25, 0.3) is 10.8 Å². The summed E-state index contributed by atoms with van der Waals surface area (Å²) < 4.78 is 5.69. The van der Waals surface area contributed by atoms with Crippen molar-refractivity contribution in [3.63, 3.8) is 0 Å². The van der Waals surface area contributed by atoms with Crippen LogP contribution in [0.1, 0.15) is 22.6 Å². The van der Waals surface area contributed by atoms with Gasteiger partial charge in [-0.2, -0.15) is 0 Å². The lowest BCUT2D eigenvalue weighted by molar-refractivity contribution is -0.151. The van der Waals surface area contributed by atoms with E-state index in [4.69, 9.17) is 4.42 Å². The summed E-state index contributed by atoms with van der Waals surface area (Å²) in [5.41, 5.74) is 2.51. The summed E-state index contributed by atoms with van der Waals surface area (Å²) in [5.74, 6) is -0.180. The average molecular weight is 382 g/mol. The van der Waals surface area contributed by atoms with Crippen molar-refractivity contribution in [3.05, 3.63) is 64.4 Å². The highest BCUT2D eigenvalue weighted by molar-refractivity contribution is 7.13. The van der Waals surface area contributed by atoms with E-state index in [2.05, 4.69) is 4.98 Å². The Labute approximate surface area is 160 Å². The molecule has 1 aliphatic rings. The van der Waals surface area contributed by atoms with E-state index in [0.717, 1.165) is 16.0 Å². The fourth-order valence-electron chi connectivity index (χ4n) is 3.35. The van der Waals surface area contributed by atoms with Gasteiger partial charge < -0.3 is 14.4 Å². The second kappa shape index (κ2) is 7.00. The Bertz CT molecular complexity index is 993. The number of hydrogen-bond donors (Lipinski definition) is 1. The number of nitrogens with zero attached hydrogens (tertiary/aromatic N) is 2. The lowest BCUT2D eigenvalue weighted by Crippen LogP contribution is -2.49. The third kappa shape index (κ3) is 3.38. The number of aromatic nitrogens is 1. The van der Waals surface area contributed by atoms with Gasteiger partial charge in [-0.25, -0.2) is 9.78 Å². The number of carboxylic acid groups (broad SMARTS) is 1. The van der Waals surface area contributed by atoms with Gasteiger partial charge in [-0.15, -0.1) is 11.3 Å². The van der Waals surface area contributed by atoms with Crippen LogP contribution < -0.4 is 0 Å². The van der Waals surface area contributed by atoms with Crippen molar-refractivity contribution >= 4 is 23.2 Å². The highest BCUT2D eigenvalue weighted by atomic mass is 32.1. The molecule has 0 radical (unpaired) electrons. The highest BCUT2D eigenvalue weighted by Gasteiger charge is 2.34. The molecular formula is C20H18N2O4S. The molecule has 1 N–H and O–H groups in total. The fourth-order valence-corrected chi connectivity index (χ4v) is 4.00. The Morgan fingerprint density at radius 2 is 2.04 bits per heavy atom. The maximum absolute atomic E-state index is 12.9. The molecule has 0 unspecified atom stereocenters. The first-order valence-electron chi connectivity index (χ1n) is 8.62. The van der Waals surface area contributed by atoms with Gasteiger partial charge in [0, 0.05) is 13.0 Å². The number of benzene rings is 1. The standard InChI is InChI=1S/C20H18N2O4S/c1-12-15(21-19(26-12)17-7-4-8-27-17)10-18(23)22-11-14-6-3-2-5-13(14)9-16(22)20(24)25/h2-8,16H,9-11H2,1H3,(H,24,25)/t16-/m1/s1. The molecule has 27 heavy (non-hydrogen) atoms. The summed E-state index contributed by atoms with van der Waals surface area (Å²) in [7, 11) is 0. The minimum atomic E-state index is -0.992. The van der Waals surface area contributed by atoms with Gasteiger partial charge in [0.15, 0.2) is 0 Å². The van der Waals surface area contributed by atoms with E-state index in [1.165, 1.54) is 16.2 Å². The molecule has 138 valence electrons. The summed E-state index contributed by atoms with van der Waals surface area (Å²) in [6, 6.07) is 10.6. The maximum Gasteiger partial charge on any atom is 0.326 e. The first-order valence-corrected chi connectivity index (χ1v) is 9.50. The van der Waals surface area contributed by atoms with Crippen molar-refractivity contribution in [2.45, 2.75) is 32.4 Å². The third-order valence-electron chi connectivity index (χ3n) is 4.80. The molecule has 1 atom stereocenters. The number of oxazole rings is 1. The predicted molar refractivity (Wildman–Crippen MR) is 100 cm³/mol. The normalized spacial score (nSPS) is 16.2. The molecule has 3 aromatic rings. The van der Waals surface area contributed by atoms with E-state index >= 15 is 0 Å². The zero-order valence-corrected chi connectivity index (χ0v) is 15.5. The van der Waals surface area contributed by atoms with Crippen LogP contribution >= 0.6 is 11.3 Å². The van der Waals surface area contributed by atoms with Crippen LogP contribution in [0, 0.1) is 6.92 Å². The lowest BCUT2D eigenvalue weighted by atomic mass is 9.93. The minimum Gasteiger partial charge on any atom is -0.480 e. The quantitative estimate of drug-likeness (QED) is 0.749. The Morgan fingerprint density at radius 1 is 1.26 bits per heavy atom. The molecule has 0 aliphatic carbocycles. The Hall–Kier alpha value is -2.93. The van der Waals surface area contributed by atoms with E-state index in [-0.39, 0.29) is 12.3 Å². The maximum atomic E-state index is 12.9. The van der Waals surface area contributed by atoms with Crippen LogP contribution in [0.2, 0.25) is 0 Å². The molecule has 1 aliphatic heterocycles. The number of fused-ring (bicyclic) bond motifs is 1. The third-order valence-corrected chi connectivity index (χ3v) is 5.66. The number of amides is 1. The predicted octanol–water partition coefficient (Wildman–Crippen LogP) is 3.29. The van der Waals surface area contributed by atoms with Gasteiger partial charge in [-0.1, -0.05) is 30.3 Å². The Balaban J connectivity index is 1.58. The van der Waals surface area contributed by atoms with Gasteiger partial charge in [0.1, 0.15) is 11.8 Å². The molecule has 0 bridgehead atoms. The first kappa shape index (κ1) is 17.5. The molecule has 1 amide bonds. The fraction of sp³-hybridized carbons (Fsp3) is 0.250. The SMILES string of the molecule is Cc1oc(-c2cccs2)nc1CC(=O)N1Cc2ccccc2C[C@@H]1C(=O)O. The molecule has 0 fully saturated rings. The Morgan fingerprint density at radius 3 is 2.74 bits per heavy atom. The van der Waals surface area contributed by atoms with Crippen molar-refractivity contribution in [2.24, 2.45) is 0 Å². The van der Waals surface area contributed by atoms with Crippen LogP contribution in [0.5, 0.6) is 0 Å². The first-order chi connectivity index (χ1) is 13.0. The molecule has 0 saturated carbocycles. The number of carbonyl (C=O) groups excluding carboxylic acids is 1. The van der Waals surface area contributed by atoms with Gasteiger partial charge in [0.2, 0.25) is 11.8 Å².